The average molecular weight is 477 g/mol. The van der Waals surface area contributed by atoms with Crippen molar-refractivity contribution in [1.29, 1.82) is 0 Å². The Hall–Kier alpha value is -4.03. The number of unbranched alkanes of at least 4 members (excludes halogenated alkanes) is 1. The Bertz CT molecular complexity index is 1160. The van der Waals surface area contributed by atoms with Gasteiger partial charge in [-0.15, -0.1) is 5.10 Å². The second-order valence-electron chi connectivity index (χ2n) is 6.91. The minimum Gasteiger partial charge on any atom is -0.466 e. The highest BCUT2D eigenvalue weighted by molar-refractivity contribution is 6.14. The molecule has 0 bridgehead atoms. The molecule has 2 rings (SSSR count). The maximum atomic E-state index is 13.0. The highest BCUT2D eigenvalue weighted by atomic mass is 16.5. The zero-order valence-electron chi connectivity index (χ0n) is 19.3. The van der Waals surface area contributed by atoms with Crippen LogP contribution in [0.4, 0.5) is 0 Å². The summed E-state index contributed by atoms with van der Waals surface area (Å²) in [5.41, 5.74) is -1.55. The average Bonchev–Trinajstić information content (AvgIpc) is 3.23. The molecule has 13 nitrogen and oxygen atoms in total. The summed E-state index contributed by atoms with van der Waals surface area (Å²) in [7, 11) is 0. The van der Waals surface area contributed by atoms with Crippen molar-refractivity contribution >= 4 is 23.6 Å². The third-order valence-corrected chi connectivity index (χ3v) is 4.35. The van der Waals surface area contributed by atoms with E-state index in [4.69, 9.17) is 14.2 Å². The number of aryl methyl sites for hydroxylation is 1. The van der Waals surface area contributed by atoms with Crippen LogP contribution in [0, 0.1) is 0 Å². The van der Waals surface area contributed by atoms with E-state index in [1.807, 2.05) is 0 Å². The number of carbonyl (C=O) groups excluding carboxylic acids is 3. The fourth-order valence-electron chi connectivity index (χ4n) is 2.85. The standard InChI is InChI=1S/C21H27N5O8/c1-4-32-19(29)12-17(20(30)33-5-2)25-10-8-18(28)26(21(25)31)14-16-13-24(23-22-16)9-6-7-11-34-15(3)27/h8,10,12-13H,4-7,9,11,14H2,1-3H3. The van der Waals surface area contributed by atoms with Gasteiger partial charge in [0, 0.05) is 25.7 Å². The number of hydrogen-bond acceptors (Lipinski definition) is 10. The molecule has 0 N–H and O–H groups in total. The monoisotopic (exact) mass is 477 g/mol. The number of ether oxygens (including phenoxy) is 3. The van der Waals surface area contributed by atoms with Crippen LogP contribution in [-0.2, 0) is 41.7 Å². The maximum absolute atomic E-state index is 13.0. The Morgan fingerprint density at radius 3 is 2.47 bits per heavy atom. The van der Waals surface area contributed by atoms with Crippen molar-refractivity contribution in [1.82, 2.24) is 24.1 Å². The van der Waals surface area contributed by atoms with Gasteiger partial charge in [-0.3, -0.25) is 23.4 Å². The molecule has 0 atom stereocenters. The second-order valence-corrected chi connectivity index (χ2v) is 6.91. The summed E-state index contributed by atoms with van der Waals surface area (Å²) >= 11 is 0. The molecule has 2 aromatic heterocycles. The quantitative estimate of drug-likeness (QED) is 0.176. The van der Waals surface area contributed by atoms with E-state index in [-0.39, 0.29) is 25.7 Å². The van der Waals surface area contributed by atoms with Crippen molar-refractivity contribution in [3.63, 3.8) is 0 Å². The molecule has 0 aromatic carbocycles. The van der Waals surface area contributed by atoms with Gasteiger partial charge in [-0.25, -0.2) is 14.4 Å². The van der Waals surface area contributed by atoms with E-state index in [9.17, 15) is 24.0 Å². The van der Waals surface area contributed by atoms with Crippen LogP contribution >= 0.6 is 0 Å². The molecule has 0 amide bonds. The molecular weight excluding hydrogens is 450 g/mol. The van der Waals surface area contributed by atoms with Gasteiger partial charge in [0.05, 0.1) is 38.6 Å². The molecule has 0 unspecified atom stereocenters. The zero-order valence-corrected chi connectivity index (χ0v) is 19.3. The van der Waals surface area contributed by atoms with Crippen molar-refractivity contribution < 1.29 is 28.6 Å². The lowest BCUT2D eigenvalue weighted by atomic mass is 10.3. The Balaban J connectivity index is 2.25. The van der Waals surface area contributed by atoms with E-state index < -0.39 is 28.9 Å². The Morgan fingerprint density at radius 2 is 1.79 bits per heavy atom. The molecule has 2 heterocycles. The minimum absolute atomic E-state index is 0.0113. The van der Waals surface area contributed by atoms with E-state index in [1.54, 1.807) is 24.7 Å². The largest absolute Gasteiger partial charge is 0.466 e. The molecule has 0 saturated carbocycles. The van der Waals surface area contributed by atoms with Gasteiger partial charge in [-0.2, -0.15) is 0 Å². The minimum atomic E-state index is -0.928. The number of aromatic nitrogens is 5. The van der Waals surface area contributed by atoms with Crippen LogP contribution in [0.5, 0.6) is 0 Å². The van der Waals surface area contributed by atoms with Gasteiger partial charge < -0.3 is 14.2 Å². The van der Waals surface area contributed by atoms with Gasteiger partial charge in [0.1, 0.15) is 11.4 Å². The Kier molecular flexibility index (Phi) is 9.92. The summed E-state index contributed by atoms with van der Waals surface area (Å²) in [6.07, 6.45) is 4.82. The zero-order chi connectivity index (χ0) is 25.1. The lowest BCUT2D eigenvalue weighted by Gasteiger charge is -2.11. The molecule has 0 radical (unpaired) electrons. The predicted octanol–water partition coefficient (Wildman–Crippen LogP) is -0.0398. The summed E-state index contributed by atoms with van der Waals surface area (Å²) in [5.74, 6) is -2.11. The third-order valence-electron chi connectivity index (χ3n) is 4.35. The van der Waals surface area contributed by atoms with E-state index in [1.165, 1.54) is 6.92 Å². The highest BCUT2D eigenvalue weighted by Crippen LogP contribution is 2.06. The lowest BCUT2D eigenvalue weighted by molar-refractivity contribution is -0.141. The summed E-state index contributed by atoms with van der Waals surface area (Å²) in [4.78, 5) is 60.5. The van der Waals surface area contributed by atoms with Crippen molar-refractivity contribution in [2.24, 2.45) is 0 Å². The normalized spacial score (nSPS) is 11.2. The predicted molar refractivity (Wildman–Crippen MR) is 117 cm³/mol. The molecule has 0 aliphatic heterocycles. The van der Waals surface area contributed by atoms with Crippen LogP contribution in [0.15, 0.2) is 34.1 Å². The van der Waals surface area contributed by atoms with Gasteiger partial charge in [-0.05, 0) is 26.7 Å². The van der Waals surface area contributed by atoms with Crippen molar-refractivity contribution in [2.45, 2.75) is 46.7 Å². The van der Waals surface area contributed by atoms with E-state index in [0.717, 1.165) is 27.5 Å². The number of carbonyl (C=O) groups is 3. The van der Waals surface area contributed by atoms with E-state index >= 15 is 0 Å². The number of esters is 3. The number of nitrogens with zero attached hydrogens (tertiary/aromatic N) is 5. The number of hydrogen-bond donors (Lipinski definition) is 0. The molecule has 184 valence electrons. The highest BCUT2D eigenvalue weighted by Gasteiger charge is 2.19. The molecule has 0 aliphatic rings. The van der Waals surface area contributed by atoms with Crippen LogP contribution in [0.1, 0.15) is 39.3 Å². The maximum Gasteiger partial charge on any atom is 0.355 e. The summed E-state index contributed by atoms with van der Waals surface area (Å²) < 4.78 is 17.9. The fraction of sp³-hybridized carbons (Fsp3) is 0.476. The third kappa shape index (κ3) is 7.53. The van der Waals surface area contributed by atoms with Gasteiger partial charge in [-0.1, -0.05) is 5.21 Å². The molecule has 0 fully saturated rings. The van der Waals surface area contributed by atoms with Crippen molar-refractivity contribution in [2.75, 3.05) is 19.8 Å². The van der Waals surface area contributed by atoms with Gasteiger partial charge >= 0.3 is 23.6 Å². The molecular formula is C21H27N5O8. The molecule has 0 spiro atoms. The topological polar surface area (TPSA) is 154 Å². The van der Waals surface area contributed by atoms with Crippen LogP contribution < -0.4 is 11.2 Å². The first-order valence-electron chi connectivity index (χ1n) is 10.7. The lowest BCUT2D eigenvalue weighted by Crippen LogP contribution is -2.40. The Labute approximate surface area is 194 Å². The molecule has 34 heavy (non-hydrogen) atoms. The summed E-state index contributed by atoms with van der Waals surface area (Å²) in [6, 6.07) is 1.08. The summed E-state index contributed by atoms with van der Waals surface area (Å²) in [6.45, 7) is 5.18. The first-order chi connectivity index (χ1) is 16.3. The first kappa shape index (κ1) is 26.2. The molecule has 2 aromatic rings. The van der Waals surface area contributed by atoms with Crippen molar-refractivity contribution in [3.05, 3.63) is 51.1 Å². The van der Waals surface area contributed by atoms with E-state index in [0.29, 0.717) is 31.7 Å². The molecule has 13 heteroatoms. The van der Waals surface area contributed by atoms with E-state index in [2.05, 4.69) is 10.3 Å². The van der Waals surface area contributed by atoms with Crippen molar-refractivity contribution in [3.8, 4) is 0 Å². The van der Waals surface area contributed by atoms with Gasteiger partial charge in [0.2, 0.25) is 0 Å². The Morgan fingerprint density at radius 1 is 1.06 bits per heavy atom. The molecule has 0 saturated heterocycles. The van der Waals surface area contributed by atoms with Crippen LogP contribution in [-0.4, -0.2) is 61.9 Å². The SMILES string of the molecule is CCOC(=O)C=C(C(=O)OCC)n1ccc(=O)n(Cc2cn(CCCCOC(C)=O)nn2)c1=O. The summed E-state index contributed by atoms with van der Waals surface area (Å²) in [5, 5.41) is 7.93. The van der Waals surface area contributed by atoms with Gasteiger partial charge in [0.15, 0.2) is 0 Å². The first-order valence-corrected chi connectivity index (χ1v) is 10.7. The molecule has 0 aliphatic carbocycles. The number of rotatable bonds is 12. The smallest absolute Gasteiger partial charge is 0.355 e. The van der Waals surface area contributed by atoms with Crippen LogP contribution in [0.3, 0.4) is 0 Å². The van der Waals surface area contributed by atoms with Crippen LogP contribution in [0.2, 0.25) is 0 Å². The fourth-order valence-corrected chi connectivity index (χ4v) is 2.85. The van der Waals surface area contributed by atoms with Gasteiger partial charge in [0.25, 0.3) is 5.56 Å². The second kappa shape index (κ2) is 12.9. The van der Waals surface area contributed by atoms with Crippen LogP contribution in [0.25, 0.3) is 5.70 Å².